The number of hydrogen-bond acceptors (Lipinski definition) is 5. The zero-order chi connectivity index (χ0) is 20.6. The fourth-order valence-corrected chi connectivity index (χ4v) is 3.16. The second kappa shape index (κ2) is 9.96. The maximum atomic E-state index is 12.6. The monoisotopic (exact) mass is 397 g/mol. The number of hydrogen-bond donors (Lipinski definition) is 1. The molecule has 0 spiro atoms. The Hall–Kier alpha value is -3.02. The molecule has 1 aliphatic rings. The molecule has 2 unspecified atom stereocenters. The Balaban J connectivity index is 1.62. The van der Waals surface area contributed by atoms with Crippen molar-refractivity contribution in [1.82, 2.24) is 5.32 Å². The average molecular weight is 397 g/mol. The zero-order valence-corrected chi connectivity index (χ0v) is 16.9. The van der Waals surface area contributed by atoms with Crippen LogP contribution in [0.25, 0.3) is 0 Å². The number of fused-ring (bicyclic) bond motifs is 1. The summed E-state index contributed by atoms with van der Waals surface area (Å²) in [5, 5.41) is 2.99. The van der Waals surface area contributed by atoms with Crippen molar-refractivity contribution in [3.05, 3.63) is 59.7 Å². The first-order valence-corrected chi connectivity index (χ1v) is 10.0. The quantitative estimate of drug-likeness (QED) is 0.714. The predicted molar refractivity (Wildman–Crippen MR) is 109 cm³/mol. The third-order valence-electron chi connectivity index (χ3n) is 4.73. The Morgan fingerprint density at radius 2 is 1.79 bits per heavy atom. The van der Waals surface area contributed by atoms with E-state index in [2.05, 4.69) is 12.2 Å². The number of nitrogens with one attached hydrogen (secondary N) is 1. The molecular formula is C23H27NO5. The highest BCUT2D eigenvalue weighted by Gasteiger charge is 2.23. The third kappa shape index (κ3) is 5.50. The van der Waals surface area contributed by atoms with Gasteiger partial charge in [-0.15, -0.1) is 0 Å². The van der Waals surface area contributed by atoms with E-state index in [4.69, 9.17) is 14.2 Å². The highest BCUT2D eigenvalue weighted by atomic mass is 16.5. The summed E-state index contributed by atoms with van der Waals surface area (Å²) in [5.74, 6) is 0.223. The fraction of sp³-hybridized carbons (Fsp3) is 0.391. The van der Waals surface area contributed by atoms with Crippen LogP contribution in [0.5, 0.6) is 11.5 Å². The Morgan fingerprint density at radius 1 is 1.07 bits per heavy atom. The van der Waals surface area contributed by atoms with Gasteiger partial charge in [-0.25, -0.2) is 4.79 Å². The largest absolute Gasteiger partial charge is 0.490 e. The highest BCUT2D eigenvalue weighted by molar-refractivity contribution is 5.93. The van der Waals surface area contributed by atoms with Crippen LogP contribution < -0.4 is 14.8 Å². The summed E-state index contributed by atoms with van der Waals surface area (Å²) < 4.78 is 16.6. The second-order valence-electron chi connectivity index (χ2n) is 7.02. The molecule has 0 aromatic heterocycles. The Labute approximate surface area is 171 Å². The molecule has 0 bridgehead atoms. The molecular weight excluding hydrogens is 370 g/mol. The van der Waals surface area contributed by atoms with E-state index in [1.165, 1.54) is 0 Å². The first kappa shape index (κ1) is 20.7. The summed E-state index contributed by atoms with van der Waals surface area (Å²) in [4.78, 5) is 25.1. The van der Waals surface area contributed by atoms with Crippen LogP contribution in [-0.2, 0) is 9.53 Å². The summed E-state index contributed by atoms with van der Waals surface area (Å²) in [6.45, 7) is 4.75. The average Bonchev–Trinajstić information content (AvgIpc) is 2.98. The molecule has 6 heteroatoms. The minimum atomic E-state index is -0.915. The summed E-state index contributed by atoms with van der Waals surface area (Å²) in [5.41, 5.74) is 1.35. The SMILES string of the molecule is CCCC(NC(=O)C(C)OC(=O)c1ccc2c(c1)OCCCO2)c1ccccc1. The smallest absolute Gasteiger partial charge is 0.339 e. The van der Waals surface area contributed by atoms with Gasteiger partial charge in [-0.3, -0.25) is 4.79 Å². The highest BCUT2D eigenvalue weighted by Crippen LogP contribution is 2.30. The van der Waals surface area contributed by atoms with Gasteiger partial charge in [0.1, 0.15) is 0 Å². The molecule has 2 atom stereocenters. The molecule has 1 amide bonds. The van der Waals surface area contributed by atoms with Gasteiger partial charge in [-0.2, -0.15) is 0 Å². The minimum absolute atomic E-state index is 0.118. The van der Waals surface area contributed by atoms with E-state index < -0.39 is 12.1 Å². The van der Waals surface area contributed by atoms with Crippen LogP contribution in [0.15, 0.2) is 48.5 Å². The zero-order valence-electron chi connectivity index (χ0n) is 16.9. The van der Waals surface area contributed by atoms with Gasteiger partial charge in [-0.1, -0.05) is 43.7 Å². The number of esters is 1. The van der Waals surface area contributed by atoms with Crippen LogP contribution in [0.3, 0.4) is 0 Å². The first-order chi connectivity index (χ1) is 14.1. The maximum Gasteiger partial charge on any atom is 0.339 e. The predicted octanol–water partition coefficient (Wildman–Crippen LogP) is 4.05. The first-order valence-electron chi connectivity index (χ1n) is 10.0. The van der Waals surface area contributed by atoms with Crippen molar-refractivity contribution in [2.24, 2.45) is 0 Å². The molecule has 0 fully saturated rings. The molecule has 3 rings (SSSR count). The lowest BCUT2D eigenvalue weighted by Crippen LogP contribution is -2.38. The van der Waals surface area contributed by atoms with Gasteiger partial charge in [0.15, 0.2) is 17.6 Å². The van der Waals surface area contributed by atoms with Gasteiger partial charge in [0, 0.05) is 6.42 Å². The number of amides is 1. The van der Waals surface area contributed by atoms with Gasteiger partial charge >= 0.3 is 5.97 Å². The molecule has 2 aromatic rings. The van der Waals surface area contributed by atoms with E-state index in [1.54, 1.807) is 25.1 Å². The van der Waals surface area contributed by atoms with Gasteiger partial charge in [0.05, 0.1) is 24.8 Å². The molecule has 6 nitrogen and oxygen atoms in total. The lowest BCUT2D eigenvalue weighted by molar-refractivity contribution is -0.129. The lowest BCUT2D eigenvalue weighted by Gasteiger charge is -2.21. The van der Waals surface area contributed by atoms with E-state index in [-0.39, 0.29) is 11.9 Å². The van der Waals surface area contributed by atoms with Gasteiger partial charge < -0.3 is 19.5 Å². The molecule has 1 heterocycles. The maximum absolute atomic E-state index is 12.6. The van der Waals surface area contributed by atoms with Crippen molar-refractivity contribution in [3.63, 3.8) is 0 Å². The molecule has 0 saturated carbocycles. The van der Waals surface area contributed by atoms with Crippen LogP contribution in [0.2, 0.25) is 0 Å². The molecule has 2 aromatic carbocycles. The number of ether oxygens (including phenoxy) is 3. The third-order valence-corrected chi connectivity index (χ3v) is 4.73. The molecule has 0 saturated heterocycles. The number of rotatable bonds is 7. The summed E-state index contributed by atoms with van der Waals surface area (Å²) in [6.07, 6.45) is 1.59. The molecule has 1 N–H and O–H groups in total. The van der Waals surface area contributed by atoms with Crippen molar-refractivity contribution in [3.8, 4) is 11.5 Å². The van der Waals surface area contributed by atoms with Crippen molar-refractivity contribution >= 4 is 11.9 Å². The molecule has 154 valence electrons. The fourth-order valence-electron chi connectivity index (χ4n) is 3.16. The minimum Gasteiger partial charge on any atom is -0.490 e. The van der Waals surface area contributed by atoms with Gasteiger partial charge in [0.2, 0.25) is 0 Å². The Morgan fingerprint density at radius 3 is 2.52 bits per heavy atom. The summed E-state index contributed by atoms with van der Waals surface area (Å²) >= 11 is 0. The normalized spacial score (nSPS) is 15.0. The van der Waals surface area contributed by atoms with E-state index in [1.807, 2.05) is 30.3 Å². The number of carbonyl (C=O) groups excluding carboxylic acids is 2. The molecule has 0 radical (unpaired) electrons. The van der Waals surface area contributed by atoms with Crippen LogP contribution in [-0.4, -0.2) is 31.2 Å². The second-order valence-corrected chi connectivity index (χ2v) is 7.02. The molecule has 0 aliphatic carbocycles. The van der Waals surface area contributed by atoms with Crippen LogP contribution in [0.4, 0.5) is 0 Å². The summed E-state index contributed by atoms with van der Waals surface area (Å²) in [6, 6.07) is 14.6. The van der Waals surface area contributed by atoms with E-state index in [0.29, 0.717) is 30.3 Å². The lowest BCUT2D eigenvalue weighted by atomic mass is 10.0. The number of benzene rings is 2. The Bertz CT molecular complexity index is 836. The van der Waals surface area contributed by atoms with Gasteiger partial charge in [0.25, 0.3) is 5.91 Å². The molecule has 29 heavy (non-hydrogen) atoms. The van der Waals surface area contributed by atoms with Crippen molar-refractivity contribution in [2.45, 2.75) is 45.3 Å². The standard InChI is InChI=1S/C23H27NO5/c1-3-8-19(17-9-5-4-6-10-17)24-22(25)16(2)29-23(26)18-11-12-20-21(15-18)28-14-7-13-27-20/h4-6,9-12,15-16,19H,3,7-8,13-14H2,1-2H3,(H,24,25). The van der Waals surface area contributed by atoms with E-state index >= 15 is 0 Å². The number of carbonyl (C=O) groups is 2. The van der Waals surface area contributed by atoms with Crippen LogP contribution in [0.1, 0.15) is 55.1 Å². The van der Waals surface area contributed by atoms with Crippen molar-refractivity contribution in [1.29, 1.82) is 0 Å². The van der Waals surface area contributed by atoms with Crippen LogP contribution >= 0.6 is 0 Å². The van der Waals surface area contributed by atoms with Crippen molar-refractivity contribution in [2.75, 3.05) is 13.2 Å². The van der Waals surface area contributed by atoms with E-state index in [9.17, 15) is 9.59 Å². The topological polar surface area (TPSA) is 73.9 Å². The van der Waals surface area contributed by atoms with Crippen molar-refractivity contribution < 1.29 is 23.8 Å². The van der Waals surface area contributed by atoms with Gasteiger partial charge in [-0.05, 0) is 37.1 Å². The summed E-state index contributed by atoms with van der Waals surface area (Å²) in [7, 11) is 0. The molecule has 1 aliphatic heterocycles. The van der Waals surface area contributed by atoms with E-state index in [0.717, 1.165) is 24.8 Å². The van der Waals surface area contributed by atoms with Crippen LogP contribution in [0, 0.1) is 0 Å². The Kier molecular flexibility index (Phi) is 7.11.